The molecule has 136 valence electrons. The number of nitrogens with two attached hydrogens (primary N) is 1. The Bertz CT molecular complexity index is 482. The Morgan fingerprint density at radius 3 is 2.79 bits per heavy atom. The first-order valence-electron chi connectivity index (χ1n) is 9.89. The van der Waals surface area contributed by atoms with Gasteiger partial charge in [-0.1, -0.05) is 25.5 Å². The van der Waals surface area contributed by atoms with Gasteiger partial charge in [0.2, 0.25) is 0 Å². The molecule has 0 aromatic rings. The van der Waals surface area contributed by atoms with E-state index in [4.69, 9.17) is 0 Å². The lowest BCUT2D eigenvalue weighted by Gasteiger charge is -2.57. The maximum Gasteiger partial charge on any atom is 0.317 e. The number of hydrogen-bond acceptors (Lipinski definition) is 1. The maximum atomic E-state index is 12.5. The molecular weight excluding hydrogens is 300 g/mol. The van der Waals surface area contributed by atoms with E-state index in [-0.39, 0.29) is 6.03 Å². The molecule has 2 fully saturated rings. The summed E-state index contributed by atoms with van der Waals surface area (Å²) in [4.78, 5) is 16.3. The summed E-state index contributed by atoms with van der Waals surface area (Å²) in [6.45, 7) is 15.2. The van der Waals surface area contributed by atoms with E-state index in [1.165, 1.54) is 44.6 Å². The van der Waals surface area contributed by atoms with Crippen LogP contribution in [0.15, 0.2) is 11.6 Å². The molecule has 1 saturated carbocycles. The third-order valence-electron chi connectivity index (χ3n) is 6.71. The van der Waals surface area contributed by atoms with E-state index >= 15 is 0 Å². The van der Waals surface area contributed by atoms with Crippen LogP contribution in [0.4, 0.5) is 4.79 Å². The first-order chi connectivity index (χ1) is 11.5. The summed E-state index contributed by atoms with van der Waals surface area (Å²) < 4.78 is 0. The second-order valence-electron chi connectivity index (χ2n) is 8.44. The molecule has 1 aliphatic heterocycles. The fourth-order valence-corrected chi connectivity index (χ4v) is 4.82. The number of allylic oxidation sites excluding steroid dienone is 1. The summed E-state index contributed by atoms with van der Waals surface area (Å²) in [6.07, 6.45) is 4.96. The topological polar surface area (TPSA) is 53.4 Å². The predicted octanol–water partition coefficient (Wildman–Crippen LogP) is -0.528. The minimum atomic E-state index is 0.112. The second-order valence-corrected chi connectivity index (χ2v) is 8.44. The number of fused-ring (bicyclic) bond motifs is 1. The van der Waals surface area contributed by atoms with Gasteiger partial charge in [-0.25, -0.2) is 4.79 Å². The van der Waals surface area contributed by atoms with Crippen molar-refractivity contribution in [2.75, 3.05) is 52.4 Å². The Balaban J connectivity index is 1.59. The van der Waals surface area contributed by atoms with Gasteiger partial charge in [0.1, 0.15) is 26.2 Å². The molecule has 5 nitrogen and oxygen atoms in total. The van der Waals surface area contributed by atoms with Crippen molar-refractivity contribution in [1.29, 1.82) is 0 Å². The van der Waals surface area contributed by atoms with Gasteiger partial charge in [-0.05, 0) is 37.0 Å². The minimum Gasteiger partial charge on any atom is -0.338 e. The van der Waals surface area contributed by atoms with Crippen molar-refractivity contribution in [2.24, 2.45) is 17.3 Å². The van der Waals surface area contributed by atoms with Crippen LogP contribution < -0.4 is 15.5 Å². The largest absolute Gasteiger partial charge is 0.338 e. The zero-order valence-electron chi connectivity index (χ0n) is 15.7. The summed E-state index contributed by atoms with van der Waals surface area (Å²) in [5, 5.41) is 5.41. The second kappa shape index (κ2) is 7.44. The SMILES string of the molecule is CCNC(=O)N(CC[NH+]1CC[NH2+]CC1)CC1=CC[C@@H]2C[C@H]1C2(C)C. The van der Waals surface area contributed by atoms with Gasteiger partial charge in [0, 0.05) is 13.1 Å². The fraction of sp³-hybridized carbons (Fsp3) is 0.842. The molecule has 0 unspecified atom stereocenters. The van der Waals surface area contributed by atoms with E-state index < -0.39 is 0 Å². The Hall–Kier alpha value is -1.07. The van der Waals surface area contributed by atoms with Crippen molar-refractivity contribution in [3.63, 3.8) is 0 Å². The van der Waals surface area contributed by atoms with Crippen LogP contribution in [0.1, 0.15) is 33.6 Å². The molecule has 0 spiro atoms. The molecule has 2 atom stereocenters. The van der Waals surface area contributed by atoms with Gasteiger partial charge in [-0.15, -0.1) is 0 Å². The highest BCUT2D eigenvalue weighted by molar-refractivity contribution is 5.74. The summed E-state index contributed by atoms with van der Waals surface area (Å²) in [7, 11) is 0. The maximum absolute atomic E-state index is 12.5. The van der Waals surface area contributed by atoms with Crippen LogP contribution in [0, 0.1) is 17.3 Å². The number of nitrogens with zero attached hydrogens (tertiary/aromatic N) is 1. The van der Waals surface area contributed by atoms with Crippen LogP contribution in [0.3, 0.4) is 0 Å². The van der Waals surface area contributed by atoms with Crippen molar-refractivity contribution in [3.8, 4) is 0 Å². The highest BCUT2D eigenvalue weighted by Crippen LogP contribution is 2.59. The van der Waals surface area contributed by atoms with Gasteiger partial charge >= 0.3 is 6.03 Å². The van der Waals surface area contributed by atoms with E-state index in [1.54, 1.807) is 4.90 Å². The average molecular weight is 337 g/mol. The summed E-state index contributed by atoms with van der Waals surface area (Å²) in [5.74, 6) is 1.54. The van der Waals surface area contributed by atoms with Crippen molar-refractivity contribution in [1.82, 2.24) is 10.2 Å². The van der Waals surface area contributed by atoms with E-state index in [1.807, 2.05) is 6.92 Å². The number of quaternary nitrogens is 2. The van der Waals surface area contributed by atoms with E-state index in [9.17, 15) is 4.79 Å². The quantitative estimate of drug-likeness (QED) is 0.562. The molecule has 0 radical (unpaired) electrons. The van der Waals surface area contributed by atoms with Gasteiger partial charge in [0.05, 0.1) is 13.1 Å². The highest BCUT2D eigenvalue weighted by atomic mass is 16.2. The van der Waals surface area contributed by atoms with E-state index in [0.29, 0.717) is 17.9 Å². The lowest BCUT2D eigenvalue weighted by molar-refractivity contribution is -0.946. The molecule has 2 amide bonds. The Kier molecular flexibility index (Phi) is 5.50. The van der Waals surface area contributed by atoms with E-state index in [0.717, 1.165) is 25.6 Å². The van der Waals surface area contributed by atoms with Crippen LogP contribution in [0.2, 0.25) is 0 Å². The van der Waals surface area contributed by atoms with E-state index in [2.05, 4.69) is 35.5 Å². The van der Waals surface area contributed by atoms with Crippen LogP contribution in [-0.4, -0.2) is 63.3 Å². The Morgan fingerprint density at radius 2 is 2.17 bits per heavy atom. The first kappa shape index (κ1) is 17.7. The average Bonchev–Trinajstić information content (AvgIpc) is 2.59. The smallest absolute Gasteiger partial charge is 0.317 e. The van der Waals surface area contributed by atoms with Gasteiger partial charge < -0.3 is 20.4 Å². The molecule has 2 bridgehead atoms. The Morgan fingerprint density at radius 1 is 1.42 bits per heavy atom. The summed E-state index contributed by atoms with van der Waals surface area (Å²) in [6, 6.07) is 0.112. The molecule has 4 aliphatic rings. The van der Waals surface area contributed by atoms with Crippen LogP contribution in [0.5, 0.6) is 0 Å². The third-order valence-corrected chi connectivity index (χ3v) is 6.71. The third kappa shape index (κ3) is 3.62. The number of rotatable bonds is 6. The molecule has 4 N–H and O–H groups in total. The molecule has 1 saturated heterocycles. The molecule has 5 heteroatoms. The van der Waals surface area contributed by atoms with Crippen LogP contribution in [-0.2, 0) is 0 Å². The number of urea groups is 1. The standard InChI is InChI=1S/C19H34N4O/c1-4-21-18(24)23(12-11-22-9-7-20-8-10-22)14-15-5-6-16-13-17(15)19(16,2)3/h5,16-17,20H,4,6-14H2,1-3H3,(H,21,24)/p+2/t16-,17-/m1/s1. The minimum absolute atomic E-state index is 0.112. The fourth-order valence-electron chi connectivity index (χ4n) is 4.82. The number of hydrogen-bond donors (Lipinski definition) is 3. The Labute approximate surface area is 146 Å². The first-order valence-corrected chi connectivity index (χ1v) is 9.89. The zero-order valence-corrected chi connectivity index (χ0v) is 15.7. The molecule has 3 aliphatic carbocycles. The molecule has 1 heterocycles. The monoisotopic (exact) mass is 336 g/mol. The van der Waals surface area contributed by atoms with Gasteiger partial charge in [-0.2, -0.15) is 0 Å². The molecule has 4 rings (SSSR count). The normalized spacial score (nSPS) is 28.7. The predicted molar refractivity (Wildman–Crippen MR) is 95.9 cm³/mol. The van der Waals surface area contributed by atoms with Gasteiger partial charge in [-0.3, -0.25) is 0 Å². The molecule has 0 aromatic heterocycles. The number of carbonyl (C=O) groups is 1. The van der Waals surface area contributed by atoms with Crippen LogP contribution in [0.25, 0.3) is 0 Å². The highest BCUT2D eigenvalue weighted by Gasteiger charge is 2.51. The van der Waals surface area contributed by atoms with Crippen molar-refractivity contribution >= 4 is 6.03 Å². The van der Waals surface area contributed by atoms with Crippen LogP contribution >= 0.6 is 0 Å². The summed E-state index contributed by atoms with van der Waals surface area (Å²) in [5.41, 5.74) is 1.95. The van der Waals surface area contributed by atoms with Gasteiger partial charge in [0.25, 0.3) is 0 Å². The van der Waals surface area contributed by atoms with Crippen molar-refractivity contribution in [3.05, 3.63) is 11.6 Å². The molecule has 0 aromatic carbocycles. The van der Waals surface area contributed by atoms with Gasteiger partial charge in [0.15, 0.2) is 0 Å². The summed E-state index contributed by atoms with van der Waals surface area (Å²) >= 11 is 0. The number of nitrogens with one attached hydrogen (secondary N) is 2. The lowest BCUT2D eigenvalue weighted by Crippen LogP contribution is -3.21. The number of carbonyl (C=O) groups excluding carboxylic acids is 1. The van der Waals surface area contributed by atoms with Crippen molar-refractivity contribution in [2.45, 2.75) is 33.6 Å². The van der Waals surface area contributed by atoms with Crippen molar-refractivity contribution < 1.29 is 15.0 Å². The molecular formula is C19H36N4O+2. The lowest BCUT2D eigenvalue weighted by atomic mass is 9.49. The zero-order chi connectivity index (χ0) is 17.2. The number of piperazine rings is 1. The number of amides is 2. The molecule has 24 heavy (non-hydrogen) atoms.